The van der Waals surface area contributed by atoms with Crippen molar-refractivity contribution in [2.75, 3.05) is 0 Å². The summed E-state index contributed by atoms with van der Waals surface area (Å²) in [6, 6.07) is 14.5. The van der Waals surface area contributed by atoms with Crippen molar-refractivity contribution in [2.45, 2.75) is 27.2 Å². The molecule has 0 spiro atoms. The summed E-state index contributed by atoms with van der Waals surface area (Å²) in [5.74, 6) is 0.585. The summed E-state index contributed by atoms with van der Waals surface area (Å²) < 4.78 is 8.17. The van der Waals surface area contributed by atoms with Crippen LogP contribution in [0.5, 0.6) is 0 Å². The van der Waals surface area contributed by atoms with Crippen LogP contribution >= 0.6 is 0 Å². The lowest BCUT2D eigenvalue weighted by Crippen LogP contribution is -2.30. The first-order valence-corrected chi connectivity index (χ1v) is 9.31. The zero-order chi connectivity index (χ0) is 19.1. The van der Waals surface area contributed by atoms with E-state index in [0.717, 1.165) is 45.2 Å². The normalized spacial score (nSPS) is 11.4. The van der Waals surface area contributed by atoms with Crippen molar-refractivity contribution in [3.63, 3.8) is 0 Å². The van der Waals surface area contributed by atoms with Gasteiger partial charge in [0.15, 0.2) is 6.20 Å². The summed E-state index contributed by atoms with van der Waals surface area (Å²) in [5.41, 5.74) is 6.66. The minimum Gasteiger partial charge on any atom is -0.457 e. The van der Waals surface area contributed by atoms with E-state index >= 15 is 0 Å². The SMILES string of the molecule is [C-]#[N+]c1c(-c2cccc[n+]2C)c(C)cc2oc3ccc(CC(C)C)cc3c12. The molecule has 0 bridgehead atoms. The predicted octanol–water partition coefficient (Wildman–Crippen LogP) is 6.14. The van der Waals surface area contributed by atoms with E-state index in [9.17, 15) is 0 Å². The second-order valence-electron chi connectivity index (χ2n) is 7.63. The molecule has 0 saturated carbocycles. The minimum atomic E-state index is 0.585. The predicted molar refractivity (Wildman–Crippen MR) is 110 cm³/mol. The van der Waals surface area contributed by atoms with Gasteiger partial charge in [0.1, 0.15) is 18.2 Å². The number of benzene rings is 2. The Bertz CT molecular complexity index is 1210. The number of fused-ring (bicyclic) bond motifs is 3. The standard InChI is InChI=1S/C24H23N2O/c1-15(2)12-17-9-10-20-18(14-17)23-21(27-20)13-16(3)22(24(23)25-4)19-8-6-7-11-26(19)5/h6-11,13-15H,12H2,1-3,5H3/q+1. The van der Waals surface area contributed by atoms with Crippen LogP contribution in [-0.4, -0.2) is 0 Å². The molecule has 3 heteroatoms. The number of nitrogens with zero attached hydrogens (tertiary/aromatic N) is 2. The Kier molecular flexibility index (Phi) is 4.20. The molecule has 0 aliphatic rings. The van der Waals surface area contributed by atoms with Gasteiger partial charge in [-0.1, -0.05) is 19.9 Å². The summed E-state index contributed by atoms with van der Waals surface area (Å²) in [7, 11) is 2.01. The van der Waals surface area contributed by atoms with Gasteiger partial charge in [-0.25, -0.2) is 9.41 Å². The Labute approximate surface area is 159 Å². The highest BCUT2D eigenvalue weighted by Crippen LogP contribution is 2.43. The van der Waals surface area contributed by atoms with E-state index in [-0.39, 0.29) is 0 Å². The lowest BCUT2D eigenvalue weighted by molar-refractivity contribution is -0.660. The largest absolute Gasteiger partial charge is 0.457 e. The van der Waals surface area contributed by atoms with Crippen molar-refractivity contribution >= 4 is 27.6 Å². The second kappa shape index (κ2) is 6.55. The topological polar surface area (TPSA) is 21.4 Å². The smallest absolute Gasteiger partial charge is 0.212 e. The Morgan fingerprint density at radius 3 is 2.63 bits per heavy atom. The number of furan rings is 1. The summed E-state index contributed by atoms with van der Waals surface area (Å²) in [5, 5.41) is 1.96. The minimum absolute atomic E-state index is 0.585. The number of aromatic nitrogens is 1. The highest BCUT2D eigenvalue weighted by molar-refractivity contribution is 6.15. The van der Waals surface area contributed by atoms with Gasteiger partial charge in [-0.05, 0) is 54.7 Å². The van der Waals surface area contributed by atoms with E-state index in [1.807, 2.05) is 38.4 Å². The molecular weight excluding hydrogens is 332 g/mol. The van der Waals surface area contributed by atoms with Crippen LogP contribution in [-0.2, 0) is 13.5 Å². The molecule has 0 fully saturated rings. The average molecular weight is 355 g/mol. The maximum absolute atomic E-state index is 7.94. The molecule has 0 unspecified atom stereocenters. The molecule has 3 nitrogen and oxygen atoms in total. The summed E-state index contributed by atoms with van der Waals surface area (Å²) in [6.45, 7) is 14.4. The van der Waals surface area contributed by atoms with Gasteiger partial charge in [-0.15, -0.1) is 0 Å². The van der Waals surface area contributed by atoms with Crippen LogP contribution in [0.3, 0.4) is 0 Å². The van der Waals surface area contributed by atoms with E-state index in [0.29, 0.717) is 11.6 Å². The van der Waals surface area contributed by atoms with Gasteiger partial charge in [-0.2, -0.15) is 0 Å². The first-order chi connectivity index (χ1) is 13.0. The first-order valence-electron chi connectivity index (χ1n) is 9.31. The molecule has 0 amide bonds. The molecule has 2 heterocycles. The van der Waals surface area contributed by atoms with Crippen LogP contribution in [0.25, 0.3) is 38.0 Å². The zero-order valence-electron chi connectivity index (χ0n) is 16.2. The summed E-state index contributed by atoms with van der Waals surface area (Å²) >= 11 is 0. The maximum atomic E-state index is 7.94. The van der Waals surface area contributed by atoms with Gasteiger partial charge < -0.3 is 4.42 Å². The average Bonchev–Trinajstić information content (AvgIpc) is 2.98. The third-order valence-electron chi connectivity index (χ3n) is 5.06. The van der Waals surface area contributed by atoms with Gasteiger partial charge in [0.25, 0.3) is 0 Å². The lowest BCUT2D eigenvalue weighted by atomic mass is 9.96. The summed E-state index contributed by atoms with van der Waals surface area (Å²) in [4.78, 5) is 3.97. The molecule has 2 aromatic carbocycles. The van der Waals surface area contributed by atoms with E-state index in [2.05, 4.69) is 47.5 Å². The van der Waals surface area contributed by atoms with Crippen molar-refractivity contribution in [1.82, 2.24) is 0 Å². The molecule has 0 aliphatic heterocycles. The second-order valence-corrected chi connectivity index (χ2v) is 7.63. The van der Waals surface area contributed by atoms with E-state index in [1.54, 1.807) is 0 Å². The molecular formula is C24H23N2O+. The first kappa shape index (κ1) is 17.3. The Morgan fingerprint density at radius 1 is 1.11 bits per heavy atom. The van der Waals surface area contributed by atoms with Crippen molar-refractivity contribution < 1.29 is 8.98 Å². The van der Waals surface area contributed by atoms with Crippen molar-refractivity contribution in [1.29, 1.82) is 0 Å². The number of rotatable bonds is 3. The number of hydrogen-bond acceptors (Lipinski definition) is 1. The van der Waals surface area contributed by atoms with Crippen LogP contribution in [0.4, 0.5) is 5.69 Å². The number of aryl methyl sites for hydroxylation is 2. The van der Waals surface area contributed by atoms with Crippen LogP contribution < -0.4 is 4.57 Å². The van der Waals surface area contributed by atoms with Crippen LogP contribution in [0.1, 0.15) is 25.0 Å². The third kappa shape index (κ3) is 2.88. The molecule has 27 heavy (non-hydrogen) atoms. The van der Waals surface area contributed by atoms with E-state index in [1.165, 1.54) is 5.56 Å². The van der Waals surface area contributed by atoms with Gasteiger partial charge in [-0.3, -0.25) is 0 Å². The van der Waals surface area contributed by atoms with Crippen LogP contribution in [0.15, 0.2) is 53.1 Å². The van der Waals surface area contributed by atoms with Gasteiger partial charge >= 0.3 is 0 Å². The maximum Gasteiger partial charge on any atom is 0.212 e. The molecule has 2 aromatic heterocycles. The summed E-state index contributed by atoms with van der Waals surface area (Å²) in [6.07, 6.45) is 3.03. The van der Waals surface area contributed by atoms with Crippen molar-refractivity contribution in [2.24, 2.45) is 13.0 Å². The quantitative estimate of drug-likeness (QED) is 0.320. The lowest BCUT2D eigenvalue weighted by Gasteiger charge is -2.08. The highest BCUT2D eigenvalue weighted by atomic mass is 16.3. The molecule has 0 N–H and O–H groups in total. The monoisotopic (exact) mass is 355 g/mol. The molecule has 0 aliphatic carbocycles. The fraction of sp³-hybridized carbons (Fsp3) is 0.250. The van der Waals surface area contributed by atoms with Crippen LogP contribution in [0.2, 0.25) is 0 Å². The van der Waals surface area contributed by atoms with Gasteiger partial charge in [0.05, 0.1) is 12.1 Å². The van der Waals surface area contributed by atoms with Gasteiger partial charge in [0.2, 0.25) is 11.4 Å². The fourth-order valence-corrected chi connectivity index (χ4v) is 3.91. The van der Waals surface area contributed by atoms with E-state index < -0.39 is 0 Å². The van der Waals surface area contributed by atoms with Crippen LogP contribution in [0, 0.1) is 19.4 Å². The Balaban J connectivity index is 2.09. The molecule has 0 radical (unpaired) electrons. The Hall–Kier alpha value is -3.12. The Morgan fingerprint density at radius 2 is 1.93 bits per heavy atom. The molecule has 0 saturated heterocycles. The fourth-order valence-electron chi connectivity index (χ4n) is 3.91. The van der Waals surface area contributed by atoms with Crippen molar-refractivity contribution in [3.05, 3.63) is 71.2 Å². The van der Waals surface area contributed by atoms with Crippen molar-refractivity contribution in [3.8, 4) is 11.3 Å². The third-order valence-corrected chi connectivity index (χ3v) is 5.06. The molecule has 4 aromatic rings. The van der Waals surface area contributed by atoms with E-state index in [4.69, 9.17) is 11.0 Å². The molecule has 134 valence electrons. The molecule has 0 atom stereocenters. The zero-order valence-corrected chi connectivity index (χ0v) is 16.2. The molecule has 4 rings (SSSR count). The van der Waals surface area contributed by atoms with Gasteiger partial charge in [0, 0.05) is 22.9 Å². The number of hydrogen-bond donors (Lipinski definition) is 0. The highest BCUT2D eigenvalue weighted by Gasteiger charge is 2.23. The number of pyridine rings is 1.